The van der Waals surface area contributed by atoms with E-state index in [4.69, 9.17) is 9.47 Å². The zero-order chi connectivity index (χ0) is 13.2. The van der Waals surface area contributed by atoms with Crippen LogP contribution in [0, 0.1) is 0 Å². The van der Waals surface area contributed by atoms with Crippen molar-refractivity contribution in [2.24, 2.45) is 0 Å². The fraction of sp³-hybridized carbons (Fsp3) is 0.333. The zero-order valence-electron chi connectivity index (χ0n) is 10.6. The molecule has 0 spiro atoms. The van der Waals surface area contributed by atoms with Crippen molar-refractivity contribution in [1.29, 1.82) is 0 Å². The maximum Gasteiger partial charge on any atom is 0.202 e. The summed E-state index contributed by atoms with van der Waals surface area (Å²) in [6, 6.07) is 9.34. The minimum absolute atomic E-state index is 0.137. The molecular formula is C15H16O3. The van der Waals surface area contributed by atoms with E-state index in [1.165, 1.54) is 0 Å². The highest BCUT2D eigenvalue weighted by atomic mass is 16.7. The van der Waals surface area contributed by atoms with Crippen LogP contribution in [-0.4, -0.2) is 24.3 Å². The molecule has 0 radical (unpaired) electrons. The zero-order valence-corrected chi connectivity index (χ0v) is 10.6. The summed E-state index contributed by atoms with van der Waals surface area (Å²) in [5.41, 5.74) is 3.95. The van der Waals surface area contributed by atoms with Gasteiger partial charge in [0.05, 0.1) is 12.2 Å². The normalized spacial score (nSPS) is 21.3. The monoisotopic (exact) mass is 244 g/mol. The second-order valence-electron chi connectivity index (χ2n) is 4.60. The van der Waals surface area contributed by atoms with Crippen molar-refractivity contribution in [2.45, 2.75) is 25.7 Å². The molecule has 3 heteroatoms. The van der Waals surface area contributed by atoms with Gasteiger partial charge < -0.3 is 9.47 Å². The maximum absolute atomic E-state index is 12.3. The first kappa shape index (κ1) is 12.8. The standard InChI is InChI=1S/C15H16O3/c1-4-12(11-8-6-5-7-9-11)14(16)13-10-17-15(2,3)18-13/h5-9,13H,1,10H2,2-3H3/t13-/m1/s1. The van der Waals surface area contributed by atoms with Crippen molar-refractivity contribution < 1.29 is 14.3 Å². The van der Waals surface area contributed by atoms with Crippen molar-refractivity contribution in [1.82, 2.24) is 0 Å². The molecule has 1 aromatic rings. The Morgan fingerprint density at radius 1 is 1.39 bits per heavy atom. The number of carbonyl (C=O) groups excluding carboxylic acids is 1. The van der Waals surface area contributed by atoms with Gasteiger partial charge >= 0.3 is 0 Å². The predicted molar refractivity (Wildman–Crippen MR) is 68.9 cm³/mol. The molecular weight excluding hydrogens is 228 g/mol. The Kier molecular flexibility index (Phi) is 3.48. The molecule has 0 unspecified atom stereocenters. The number of carbonyl (C=O) groups is 1. The van der Waals surface area contributed by atoms with E-state index < -0.39 is 11.9 Å². The first-order valence-corrected chi connectivity index (χ1v) is 5.85. The number of hydrogen-bond donors (Lipinski definition) is 0. The van der Waals surface area contributed by atoms with Crippen LogP contribution in [0.2, 0.25) is 0 Å². The minimum atomic E-state index is -0.705. The predicted octanol–water partition coefficient (Wildman–Crippen LogP) is 2.58. The van der Waals surface area contributed by atoms with Gasteiger partial charge in [-0.1, -0.05) is 36.9 Å². The molecule has 1 saturated heterocycles. The average molecular weight is 244 g/mol. The molecule has 0 saturated carbocycles. The number of rotatable bonds is 3. The van der Waals surface area contributed by atoms with Crippen LogP contribution in [-0.2, 0) is 14.3 Å². The first-order valence-electron chi connectivity index (χ1n) is 5.85. The number of ether oxygens (including phenoxy) is 2. The fourth-order valence-electron chi connectivity index (χ4n) is 1.91. The van der Waals surface area contributed by atoms with Crippen LogP contribution in [0.25, 0.3) is 5.57 Å². The van der Waals surface area contributed by atoms with Gasteiger partial charge in [-0.3, -0.25) is 4.79 Å². The van der Waals surface area contributed by atoms with Gasteiger partial charge in [-0.05, 0) is 19.4 Å². The molecule has 1 aromatic carbocycles. The van der Waals surface area contributed by atoms with E-state index in [-0.39, 0.29) is 12.4 Å². The number of benzene rings is 1. The molecule has 0 bridgehead atoms. The van der Waals surface area contributed by atoms with Crippen molar-refractivity contribution in [3.05, 3.63) is 48.2 Å². The van der Waals surface area contributed by atoms with Gasteiger partial charge in [0.2, 0.25) is 5.78 Å². The highest BCUT2D eigenvalue weighted by molar-refractivity contribution is 6.22. The van der Waals surface area contributed by atoms with E-state index in [0.717, 1.165) is 5.56 Å². The molecule has 0 aromatic heterocycles. The minimum Gasteiger partial charge on any atom is -0.347 e. The van der Waals surface area contributed by atoms with E-state index in [2.05, 4.69) is 12.3 Å². The second-order valence-corrected chi connectivity index (χ2v) is 4.60. The van der Waals surface area contributed by atoms with E-state index in [1.807, 2.05) is 30.3 Å². The van der Waals surface area contributed by atoms with E-state index >= 15 is 0 Å². The molecule has 0 amide bonds. The lowest BCUT2D eigenvalue weighted by molar-refractivity contribution is -0.148. The van der Waals surface area contributed by atoms with Crippen molar-refractivity contribution >= 4 is 11.4 Å². The molecule has 1 aliphatic rings. The molecule has 94 valence electrons. The Morgan fingerprint density at radius 3 is 2.56 bits per heavy atom. The lowest BCUT2D eigenvalue weighted by Gasteiger charge is -2.16. The lowest BCUT2D eigenvalue weighted by Crippen LogP contribution is -2.27. The summed E-state index contributed by atoms with van der Waals surface area (Å²) in [4.78, 5) is 12.3. The average Bonchev–Trinajstić information content (AvgIpc) is 2.72. The van der Waals surface area contributed by atoms with E-state index in [1.54, 1.807) is 13.8 Å². The Balaban J connectivity index is 2.21. The topological polar surface area (TPSA) is 35.5 Å². The van der Waals surface area contributed by atoms with Crippen LogP contribution in [0.1, 0.15) is 19.4 Å². The van der Waals surface area contributed by atoms with Gasteiger partial charge in [0, 0.05) is 0 Å². The second kappa shape index (κ2) is 4.91. The molecule has 18 heavy (non-hydrogen) atoms. The van der Waals surface area contributed by atoms with E-state index in [9.17, 15) is 4.79 Å². The van der Waals surface area contributed by atoms with Crippen LogP contribution >= 0.6 is 0 Å². The number of hydrogen-bond acceptors (Lipinski definition) is 3. The summed E-state index contributed by atoms with van der Waals surface area (Å²) in [6.45, 7) is 7.44. The Labute approximate surface area is 107 Å². The van der Waals surface area contributed by atoms with E-state index in [0.29, 0.717) is 5.57 Å². The Hall–Kier alpha value is -1.67. The summed E-state index contributed by atoms with van der Waals surface area (Å²) in [6.07, 6.45) is -0.579. The van der Waals surface area contributed by atoms with Gasteiger partial charge in [-0.2, -0.15) is 0 Å². The van der Waals surface area contributed by atoms with Gasteiger partial charge in [-0.25, -0.2) is 0 Å². The van der Waals surface area contributed by atoms with Crippen LogP contribution in [0.4, 0.5) is 0 Å². The highest BCUT2D eigenvalue weighted by Crippen LogP contribution is 2.26. The Bertz CT molecular complexity index is 496. The molecule has 1 fully saturated rings. The van der Waals surface area contributed by atoms with Crippen LogP contribution in [0.15, 0.2) is 42.6 Å². The van der Waals surface area contributed by atoms with Crippen LogP contribution in [0.5, 0.6) is 0 Å². The lowest BCUT2D eigenvalue weighted by atomic mass is 10.00. The molecule has 1 heterocycles. The largest absolute Gasteiger partial charge is 0.347 e. The summed E-state index contributed by atoms with van der Waals surface area (Å²) < 4.78 is 11.0. The van der Waals surface area contributed by atoms with Gasteiger partial charge in [0.25, 0.3) is 0 Å². The first-order chi connectivity index (χ1) is 8.53. The summed E-state index contributed by atoms with van der Waals surface area (Å²) in [5, 5.41) is 0. The molecule has 0 aliphatic carbocycles. The van der Waals surface area contributed by atoms with Crippen LogP contribution in [0.3, 0.4) is 0 Å². The van der Waals surface area contributed by atoms with Crippen molar-refractivity contribution in [3.63, 3.8) is 0 Å². The van der Waals surface area contributed by atoms with Crippen molar-refractivity contribution in [3.8, 4) is 0 Å². The molecule has 0 N–H and O–H groups in total. The third kappa shape index (κ3) is 2.59. The molecule has 3 nitrogen and oxygen atoms in total. The fourth-order valence-corrected chi connectivity index (χ4v) is 1.91. The van der Waals surface area contributed by atoms with Gasteiger partial charge in [0.1, 0.15) is 6.10 Å². The quantitative estimate of drug-likeness (QED) is 0.605. The molecule has 2 rings (SSSR count). The number of Topliss-reactive ketones (excluding diaryl/α,β-unsaturated/α-hetero) is 1. The third-order valence-electron chi connectivity index (χ3n) is 2.79. The number of ketones is 1. The molecule has 1 atom stereocenters. The molecule has 1 aliphatic heterocycles. The highest BCUT2D eigenvalue weighted by Gasteiger charge is 2.38. The summed E-state index contributed by atoms with van der Waals surface area (Å²) in [5.74, 6) is -0.842. The maximum atomic E-state index is 12.3. The third-order valence-corrected chi connectivity index (χ3v) is 2.79. The SMILES string of the molecule is C=C=C(C(=O)[C@H]1COC(C)(C)O1)c1ccccc1. The Morgan fingerprint density at radius 2 is 2.06 bits per heavy atom. The van der Waals surface area contributed by atoms with Crippen molar-refractivity contribution in [2.75, 3.05) is 6.61 Å². The smallest absolute Gasteiger partial charge is 0.202 e. The van der Waals surface area contributed by atoms with Crippen LogP contribution < -0.4 is 0 Å². The summed E-state index contributed by atoms with van der Waals surface area (Å²) >= 11 is 0. The summed E-state index contributed by atoms with van der Waals surface area (Å²) in [7, 11) is 0. The van der Waals surface area contributed by atoms with Gasteiger partial charge in [0.15, 0.2) is 5.79 Å². The van der Waals surface area contributed by atoms with Gasteiger partial charge in [-0.15, -0.1) is 5.73 Å².